The van der Waals surface area contributed by atoms with Gasteiger partial charge < -0.3 is 19.5 Å². The molecule has 1 atom stereocenters. The van der Waals surface area contributed by atoms with Gasteiger partial charge in [0.25, 0.3) is 6.29 Å². The molecule has 0 aromatic heterocycles. The highest BCUT2D eigenvalue weighted by atomic mass is 16.7. The highest BCUT2D eigenvalue weighted by Gasteiger charge is 2.23. The lowest BCUT2D eigenvalue weighted by Crippen LogP contribution is -2.21. The van der Waals surface area contributed by atoms with E-state index in [-0.39, 0.29) is 5.70 Å². The molecule has 0 fully saturated rings. The number of ether oxygens (including phenoxy) is 3. The van der Waals surface area contributed by atoms with Gasteiger partial charge in [0.1, 0.15) is 6.26 Å². The van der Waals surface area contributed by atoms with Crippen molar-refractivity contribution in [1.82, 2.24) is 5.32 Å². The molecule has 7 nitrogen and oxygen atoms in total. The van der Waals surface area contributed by atoms with Crippen LogP contribution in [0.4, 0.5) is 0 Å². The number of esters is 2. The van der Waals surface area contributed by atoms with Crippen molar-refractivity contribution in [1.29, 1.82) is 0 Å². The van der Waals surface area contributed by atoms with Crippen LogP contribution in [-0.2, 0) is 28.6 Å². The molecule has 0 aliphatic carbocycles. The van der Waals surface area contributed by atoms with Crippen molar-refractivity contribution in [2.75, 3.05) is 7.11 Å². The zero-order chi connectivity index (χ0) is 12.8. The molecule has 17 heavy (non-hydrogen) atoms. The Balaban J connectivity index is 2.64. The van der Waals surface area contributed by atoms with E-state index in [2.05, 4.69) is 10.1 Å². The Morgan fingerprint density at radius 2 is 2.29 bits per heavy atom. The van der Waals surface area contributed by atoms with E-state index < -0.39 is 18.2 Å². The van der Waals surface area contributed by atoms with E-state index in [0.29, 0.717) is 12.0 Å². The van der Waals surface area contributed by atoms with Crippen molar-refractivity contribution in [3.05, 3.63) is 23.6 Å². The summed E-state index contributed by atoms with van der Waals surface area (Å²) in [6.45, 7) is 1.57. The average Bonchev–Trinajstić information content (AvgIpc) is 2.63. The summed E-state index contributed by atoms with van der Waals surface area (Å²) in [5.74, 6) is -1.27. The van der Waals surface area contributed by atoms with Crippen LogP contribution < -0.4 is 5.32 Å². The third-order valence-corrected chi connectivity index (χ3v) is 1.87. The summed E-state index contributed by atoms with van der Waals surface area (Å²) in [5, 5.41) is 2.10. The number of hydrogen-bond acceptors (Lipinski definition) is 6. The van der Waals surface area contributed by atoms with Crippen LogP contribution in [0.5, 0.6) is 0 Å². The minimum absolute atomic E-state index is 0.198. The highest BCUT2D eigenvalue weighted by Crippen LogP contribution is 2.14. The van der Waals surface area contributed by atoms with Crippen LogP contribution in [0.1, 0.15) is 6.92 Å². The summed E-state index contributed by atoms with van der Waals surface area (Å²) in [6, 6.07) is 0. The summed E-state index contributed by atoms with van der Waals surface area (Å²) < 4.78 is 14.1. The van der Waals surface area contributed by atoms with Gasteiger partial charge >= 0.3 is 11.9 Å². The first kappa shape index (κ1) is 12.8. The number of carbonyl (C=O) groups excluding carboxylic acids is 3. The van der Waals surface area contributed by atoms with Gasteiger partial charge in [0, 0.05) is 11.6 Å². The molecule has 0 spiro atoms. The number of rotatable bonds is 5. The molecule has 92 valence electrons. The fourth-order valence-electron chi connectivity index (χ4n) is 1.02. The molecule has 1 heterocycles. The summed E-state index contributed by atoms with van der Waals surface area (Å²) in [5.41, 5.74) is 0.211. The van der Waals surface area contributed by atoms with Crippen molar-refractivity contribution >= 4 is 18.3 Å². The van der Waals surface area contributed by atoms with Gasteiger partial charge in [-0.25, -0.2) is 9.59 Å². The molecule has 0 unspecified atom stereocenters. The maximum Gasteiger partial charge on any atom is 0.357 e. The van der Waals surface area contributed by atoms with Gasteiger partial charge in [-0.05, 0) is 6.92 Å². The predicted octanol–water partition coefficient (Wildman–Crippen LogP) is -0.407. The lowest BCUT2D eigenvalue weighted by atomic mass is 10.3. The minimum Gasteiger partial charge on any atom is -0.464 e. The van der Waals surface area contributed by atoms with Crippen LogP contribution in [0, 0.1) is 0 Å². The van der Waals surface area contributed by atoms with E-state index in [1.165, 1.54) is 6.08 Å². The summed E-state index contributed by atoms with van der Waals surface area (Å²) in [6.07, 6.45) is 1.78. The van der Waals surface area contributed by atoms with Crippen molar-refractivity contribution in [2.45, 2.75) is 13.2 Å². The molecule has 1 aliphatic rings. The van der Waals surface area contributed by atoms with E-state index in [0.717, 1.165) is 13.4 Å². The van der Waals surface area contributed by atoms with Gasteiger partial charge in [0.05, 0.1) is 7.11 Å². The van der Waals surface area contributed by atoms with Crippen LogP contribution in [0.15, 0.2) is 23.6 Å². The Labute approximate surface area is 97.0 Å². The molecular formula is C10H11NO6. The molecule has 1 rings (SSSR count). The van der Waals surface area contributed by atoms with Crippen molar-refractivity contribution in [3.8, 4) is 0 Å². The summed E-state index contributed by atoms with van der Waals surface area (Å²) in [7, 11) is 1.16. The van der Waals surface area contributed by atoms with Crippen LogP contribution in [0.3, 0.4) is 0 Å². The first-order chi connectivity index (χ1) is 8.08. The van der Waals surface area contributed by atoms with Gasteiger partial charge in [-0.3, -0.25) is 4.79 Å². The Bertz CT molecular complexity index is 398. The Kier molecular flexibility index (Phi) is 4.27. The normalized spacial score (nSPS) is 19.2. The number of nitrogens with one attached hydrogen (secondary N) is 1. The largest absolute Gasteiger partial charge is 0.464 e. The average molecular weight is 241 g/mol. The van der Waals surface area contributed by atoms with E-state index >= 15 is 0 Å². The topological polar surface area (TPSA) is 90.9 Å². The SMILES string of the molecule is COC(=O)/C(=C/O[C@H]1C=C(C)C(=O)O1)NC=O. The number of cyclic esters (lactones) is 1. The van der Waals surface area contributed by atoms with Crippen LogP contribution in [0.25, 0.3) is 0 Å². The smallest absolute Gasteiger partial charge is 0.357 e. The minimum atomic E-state index is -0.907. The van der Waals surface area contributed by atoms with Crippen molar-refractivity contribution in [3.63, 3.8) is 0 Å². The van der Waals surface area contributed by atoms with E-state index in [1.807, 2.05) is 0 Å². The Morgan fingerprint density at radius 1 is 1.59 bits per heavy atom. The molecule has 7 heteroatoms. The fourth-order valence-corrected chi connectivity index (χ4v) is 1.02. The second-order valence-electron chi connectivity index (χ2n) is 3.04. The first-order valence-corrected chi connectivity index (χ1v) is 4.62. The lowest BCUT2D eigenvalue weighted by Gasteiger charge is -2.09. The monoisotopic (exact) mass is 241 g/mol. The molecule has 1 N–H and O–H groups in total. The molecule has 0 aromatic rings. The molecule has 0 saturated heterocycles. The third-order valence-electron chi connectivity index (χ3n) is 1.87. The molecular weight excluding hydrogens is 230 g/mol. The Morgan fingerprint density at radius 3 is 2.76 bits per heavy atom. The first-order valence-electron chi connectivity index (χ1n) is 4.62. The van der Waals surface area contributed by atoms with Gasteiger partial charge in [-0.1, -0.05) is 0 Å². The predicted molar refractivity (Wildman–Crippen MR) is 54.0 cm³/mol. The van der Waals surface area contributed by atoms with Crippen LogP contribution in [0.2, 0.25) is 0 Å². The second-order valence-corrected chi connectivity index (χ2v) is 3.04. The zero-order valence-electron chi connectivity index (χ0n) is 9.26. The second kappa shape index (κ2) is 5.69. The van der Waals surface area contributed by atoms with E-state index in [1.54, 1.807) is 6.92 Å². The Hall–Kier alpha value is -2.31. The lowest BCUT2D eigenvalue weighted by molar-refractivity contribution is -0.152. The number of methoxy groups -OCH3 is 1. The summed E-state index contributed by atoms with van der Waals surface area (Å²) >= 11 is 0. The standard InChI is InChI=1S/C10H11NO6/c1-6-3-8(17-9(6)13)16-4-7(11-5-12)10(14)15-2/h3-5,8H,1-2H3,(H,11,12)/b7-4-/t8-/m1/s1. The fraction of sp³-hybridized carbons (Fsp3) is 0.300. The van der Waals surface area contributed by atoms with Crippen molar-refractivity contribution < 1.29 is 28.6 Å². The van der Waals surface area contributed by atoms with E-state index in [4.69, 9.17) is 9.47 Å². The molecule has 0 bridgehead atoms. The van der Waals surface area contributed by atoms with Crippen molar-refractivity contribution in [2.24, 2.45) is 0 Å². The molecule has 1 aliphatic heterocycles. The maximum atomic E-state index is 11.1. The quantitative estimate of drug-likeness (QED) is 0.304. The van der Waals surface area contributed by atoms with Gasteiger partial charge in [-0.2, -0.15) is 0 Å². The molecule has 0 radical (unpaired) electrons. The van der Waals surface area contributed by atoms with Gasteiger partial charge in [0.15, 0.2) is 5.70 Å². The molecule has 0 aromatic carbocycles. The van der Waals surface area contributed by atoms with Crippen LogP contribution >= 0.6 is 0 Å². The van der Waals surface area contributed by atoms with Crippen LogP contribution in [-0.4, -0.2) is 31.7 Å². The van der Waals surface area contributed by atoms with Gasteiger partial charge in [0.2, 0.25) is 6.41 Å². The maximum absolute atomic E-state index is 11.1. The zero-order valence-corrected chi connectivity index (χ0v) is 9.26. The van der Waals surface area contributed by atoms with E-state index in [9.17, 15) is 14.4 Å². The molecule has 0 saturated carbocycles. The highest BCUT2D eigenvalue weighted by molar-refractivity contribution is 5.90. The number of carbonyl (C=O) groups is 3. The number of hydrogen-bond donors (Lipinski definition) is 1. The number of amides is 1. The summed E-state index contributed by atoms with van der Waals surface area (Å²) in [4.78, 5) is 32.3. The molecule has 1 amide bonds. The third kappa shape index (κ3) is 3.33. The van der Waals surface area contributed by atoms with Gasteiger partial charge in [-0.15, -0.1) is 0 Å².